The zero-order valence-electron chi connectivity index (χ0n) is 27.9. The molecule has 0 saturated carbocycles. The topological polar surface area (TPSA) is 6.48 Å². The molecule has 0 N–H and O–H groups in total. The summed E-state index contributed by atoms with van der Waals surface area (Å²) >= 11 is 0. The molecule has 0 amide bonds. The number of hydrogen-bond acceptors (Lipinski definition) is 2. The molecule has 236 valence electrons. The predicted octanol–water partition coefficient (Wildman–Crippen LogP) is 11.4. The van der Waals surface area contributed by atoms with Gasteiger partial charge >= 0.3 is 6.85 Å². The average molecular weight is 647 g/mol. The van der Waals surface area contributed by atoms with Crippen molar-refractivity contribution in [3.8, 4) is 55.6 Å². The molecule has 3 heterocycles. The molecule has 3 aliphatic rings. The number of anilines is 5. The fraction of sp³-hybridized carbons (Fsp3) is 0. The summed E-state index contributed by atoms with van der Waals surface area (Å²) in [5, 5.41) is 0. The number of fused-ring (bicyclic) bond motifs is 6. The van der Waals surface area contributed by atoms with Crippen molar-refractivity contribution in [1.82, 2.24) is 0 Å². The molecule has 0 spiro atoms. The monoisotopic (exact) mass is 646 g/mol. The Balaban J connectivity index is 1.11. The molecular formula is C48H31BN2. The van der Waals surface area contributed by atoms with E-state index in [1.807, 2.05) is 0 Å². The highest BCUT2D eigenvalue weighted by atomic mass is 15.2. The average Bonchev–Trinajstić information content (AvgIpc) is 3.21. The lowest BCUT2D eigenvalue weighted by Crippen LogP contribution is -2.63. The number of nitrogens with zero attached hydrogens (tertiary/aromatic N) is 2. The Morgan fingerprint density at radius 1 is 0.294 bits per heavy atom. The minimum atomic E-state index is 0.0728. The van der Waals surface area contributed by atoms with Gasteiger partial charge in [0.05, 0.1) is 0 Å². The second kappa shape index (κ2) is 11.0. The molecule has 3 aliphatic heterocycles. The van der Waals surface area contributed by atoms with E-state index in [0.717, 1.165) is 5.69 Å². The molecule has 0 fully saturated rings. The molecule has 8 aromatic carbocycles. The van der Waals surface area contributed by atoms with Crippen molar-refractivity contribution in [2.24, 2.45) is 0 Å². The van der Waals surface area contributed by atoms with E-state index < -0.39 is 0 Å². The Morgan fingerprint density at radius 3 is 1.41 bits per heavy atom. The van der Waals surface area contributed by atoms with Gasteiger partial charge in [0.1, 0.15) is 0 Å². The van der Waals surface area contributed by atoms with E-state index in [9.17, 15) is 0 Å². The normalized spacial score (nSPS) is 13.0. The van der Waals surface area contributed by atoms with Gasteiger partial charge in [0.15, 0.2) is 0 Å². The fourth-order valence-electron chi connectivity index (χ4n) is 8.75. The molecule has 0 unspecified atom stereocenters. The molecule has 2 nitrogen and oxygen atoms in total. The summed E-state index contributed by atoms with van der Waals surface area (Å²) in [4.78, 5) is 5.10. The lowest BCUT2D eigenvalue weighted by atomic mass is 9.41. The Morgan fingerprint density at radius 2 is 0.745 bits per heavy atom. The Hall–Kier alpha value is -6.58. The van der Waals surface area contributed by atoms with E-state index in [1.165, 1.54) is 89.3 Å². The van der Waals surface area contributed by atoms with Crippen LogP contribution >= 0.6 is 0 Å². The van der Waals surface area contributed by atoms with Crippen LogP contribution in [0.2, 0.25) is 0 Å². The van der Waals surface area contributed by atoms with Crippen LogP contribution < -0.4 is 20.6 Å². The number of benzene rings is 8. The molecule has 0 radical (unpaired) electrons. The molecule has 3 heteroatoms. The van der Waals surface area contributed by atoms with Gasteiger partial charge < -0.3 is 9.71 Å². The van der Waals surface area contributed by atoms with Crippen LogP contribution in [-0.4, -0.2) is 6.85 Å². The largest absolute Gasteiger partial charge is 0.376 e. The lowest BCUT2D eigenvalue weighted by Gasteiger charge is -2.49. The molecule has 8 aromatic rings. The SMILES string of the molecule is c1ccc(-c2cccc(-c3ccc(N4c5cccc6c5B5c7c(cccc74)-c4cc(-c7ccccc7)ccc4N5c4ccccc4-6)cc3)c2)cc1. The van der Waals surface area contributed by atoms with Crippen molar-refractivity contribution in [2.45, 2.75) is 0 Å². The van der Waals surface area contributed by atoms with E-state index in [-0.39, 0.29) is 6.85 Å². The first-order valence-corrected chi connectivity index (χ1v) is 17.7. The maximum absolute atomic E-state index is 2.61. The quantitative estimate of drug-likeness (QED) is 0.176. The fourth-order valence-corrected chi connectivity index (χ4v) is 8.75. The van der Waals surface area contributed by atoms with Crippen LogP contribution in [0, 0.1) is 0 Å². The van der Waals surface area contributed by atoms with Gasteiger partial charge in [0.2, 0.25) is 0 Å². The van der Waals surface area contributed by atoms with Crippen molar-refractivity contribution in [3.63, 3.8) is 0 Å². The van der Waals surface area contributed by atoms with Gasteiger partial charge in [-0.25, -0.2) is 0 Å². The van der Waals surface area contributed by atoms with E-state index in [1.54, 1.807) is 0 Å². The Kier molecular flexibility index (Phi) is 6.08. The van der Waals surface area contributed by atoms with Crippen LogP contribution in [0.15, 0.2) is 188 Å². The van der Waals surface area contributed by atoms with Crippen molar-refractivity contribution in [3.05, 3.63) is 188 Å². The minimum Gasteiger partial charge on any atom is -0.376 e. The first-order chi connectivity index (χ1) is 25.3. The summed E-state index contributed by atoms with van der Waals surface area (Å²) in [6.07, 6.45) is 0. The summed E-state index contributed by atoms with van der Waals surface area (Å²) in [5.74, 6) is 0. The molecule has 51 heavy (non-hydrogen) atoms. The van der Waals surface area contributed by atoms with Crippen LogP contribution in [0.1, 0.15) is 0 Å². The van der Waals surface area contributed by atoms with Crippen molar-refractivity contribution >= 4 is 46.2 Å². The van der Waals surface area contributed by atoms with Gasteiger partial charge in [-0.15, -0.1) is 0 Å². The van der Waals surface area contributed by atoms with Gasteiger partial charge in [0.25, 0.3) is 0 Å². The summed E-state index contributed by atoms with van der Waals surface area (Å²) in [7, 11) is 0. The highest BCUT2D eigenvalue weighted by Crippen LogP contribution is 2.51. The Bertz CT molecular complexity index is 2650. The van der Waals surface area contributed by atoms with Crippen LogP contribution in [0.3, 0.4) is 0 Å². The van der Waals surface area contributed by atoms with Gasteiger partial charge in [-0.1, -0.05) is 140 Å². The number of hydrogen-bond donors (Lipinski definition) is 0. The van der Waals surface area contributed by atoms with Gasteiger partial charge in [-0.2, -0.15) is 0 Å². The van der Waals surface area contributed by atoms with E-state index in [0.29, 0.717) is 0 Å². The first-order valence-electron chi connectivity index (χ1n) is 17.7. The number of para-hydroxylation sites is 1. The molecular weight excluding hydrogens is 615 g/mol. The minimum absolute atomic E-state index is 0.0728. The van der Waals surface area contributed by atoms with Crippen molar-refractivity contribution < 1.29 is 0 Å². The predicted molar refractivity (Wildman–Crippen MR) is 215 cm³/mol. The highest BCUT2D eigenvalue weighted by molar-refractivity contribution is 6.95. The van der Waals surface area contributed by atoms with Crippen LogP contribution in [0.5, 0.6) is 0 Å². The molecule has 0 aromatic heterocycles. The maximum atomic E-state index is 2.61. The van der Waals surface area contributed by atoms with Gasteiger partial charge in [0, 0.05) is 39.6 Å². The van der Waals surface area contributed by atoms with Crippen LogP contribution in [-0.2, 0) is 0 Å². The van der Waals surface area contributed by atoms with Crippen LogP contribution in [0.25, 0.3) is 55.6 Å². The Labute approximate surface area is 298 Å². The number of rotatable bonds is 4. The molecule has 0 atom stereocenters. The zero-order chi connectivity index (χ0) is 33.5. The third-order valence-electron chi connectivity index (χ3n) is 11.0. The smallest absolute Gasteiger partial charge is 0.333 e. The summed E-state index contributed by atoms with van der Waals surface area (Å²) < 4.78 is 0. The van der Waals surface area contributed by atoms with E-state index >= 15 is 0 Å². The van der Waals surface area contributed by atoms with E-state index in [2.05, 4.69) is 198 Å². The van der Waals surface area contributed by atoms with Crippen LogP contribution in [0.4, 0.5) is 28.4 Å². The summed E-state index contributed by atoms with van der Waals surface area (Å²) in [6, 6.07) is 69.1. The van der Waals surface area contributed by atoms with Crippen molar-refractivity contribution in [1.29, 1.82) is 0 Å². The van der Waals surface area contributed by atoms with E-state index in [4.69, 9.17) is 0 Å². The third kappa shape index (κ3) is 4.19. The zero-order valence-corrected chi connectivity index (χ0v) is 27.9. The molecule has 11 rings (SSSR count). The molecule has 0 aliphatic carbocycles. The first kappa shape index (κ1) is 28.3. The second-order valence-corrected chi connectivity index (χ2v) is 13.7. The molecule has 0 bridgehead atoms. The summed E-state index contributed by atoms with van der Waals surface area (Å²) in [6.45, 7) is 0.0728. The highest BCUT2D eigenvalue weighted by Gasteiger charge is 2.48. The second-order valence-electron chi connectivity index (χ2n) is 13.7. The summed E-state index contributed by atoms with van der Waals surface area (Å²) in [5.41, 5.74) is 21.4. The van der Waals surface area contributed by atoms with Crippen molar-refractivity contribution in [2.75, 3.05) is 9.71 Å². The standard InChI is InChI=1S/C48H31BN2/c1-3-12-32(13-4-1)35-16-9-17-36(30-35)34-24-27-38(28-25-34)50-45-22-10-19-40-39-18-7-8-21-43(39)51-44-29-26-37(33-14-5-2-6-15-33)31-42(44)41-20-11-23-46(50)48(41)49(51)47(40)45/h1-31H. The maximum Gasteiger partial charge on any atom is 0.333 e. The molecule has 0 saturated heterocycles. The van der Waals surface area contributed by atoms with Gasteiger partial charge in [-0.05, 0) is 104 Å². The lowest BCUT2D eigenvalue weighted by molar-refractivity contribution is 1.26. The van der Waals surface area contributed by atoms with Gasteiger partial charge in [-0.3, -0.25) is 0 Å². The third-order valence-corrected chi connectivity index (χ3v) is 11.0.